The normalized spacial score (nSPS) is 23.6. The second-order valence-corrected chi connectivity index (χ2v) is 8.74. The minimum atomic E-state index is 0. The molecule has 2 N–H and O–H groups in total. The Kier molecular flexibility index (Phi) is 9.95. The molecule has 1 aliphatic heterocycles. The van der Waals surface area contributed by atoms with Gasteiger partial charge in [-0.3, -0.25) is 4.99 Å². The summed E-state index contributed by atoms with van der Waals surface area (Å²) in [7, 11) is 4.03. The summed E-state index contributed by atoms with van der Waals surface area (Å²) in [5.41, 5.74) is 1.18. The van der Waals surface area contributed by atoms with Crippen molar-refractivity contribution < 1.29 is 0 Å². The van der Waals surface area contributed by atoms with Crippen molar-refractivity contribution in [2.75, 3.05) is 45.2 Å². The van der Waals surface area contributed by atoms with Crippen molar-refractivity contribution in [3.05, 3.63) is 23.9 Å². The van der Waals surface area contributed by atoms with Crippen molar-refractivity contribution in [2.24, 2.45) is 16.8 Å². The molecule has 1 saturated carbocycles. The molecule has 0 spiro atoms. The maximum atomic E-state index is 4.68. The zero-order chi connectivity index (χ0) is 19.9. The first-order valence-corrected chi connectivity index (χ1v) is 10.9. The quantitative estimate of drug-likeness (QED) is 0.359. The molecule has 0 atom stereocenters. The second-order valence-electron chi connectivity index (χ2n) is 8.74. The van der Waals surface area contributed by atoms with Crippen molar-refractivity contribution in [1.82, 2.24) is 20.5 Å². The second kappa shape index (κ2) is 11.9. The highest BCUT2D eigenvalue weighted by molar-refractivity contribution is 14.0. The van der Waals surface area contributed by atoms with Crippen LogP contribution in [0.5, 0.6) is 0 Å². The molecule has 29 heavy (non-hydrogen) atoms. The van der Waals surface area contributed by atoms with E-state index in [1.165, 1.54) is 31.2 Å². The highest BCUT2D eigenvalue weighted by Crippen LogP contribution is 2.29. The van der Waals surface area contributed by atoms with E-state index in [1.807, 2.05) is 13.2 Å². The third kappa shape index (κ3) is 7.27. The van der Waals surface area contributed by atoms with Crippen LogP contribution in [0.3, 0.4) is 0 Å². The molecule has 0 amide bonds. The molecule has 0 radical (unpaired) electrons. The molecular formula is C22H39IN6. The van der Waals surface area contributed by atoms with Crippen LogP contribution in [0.1, 0.15) is 45.1 Å². The van der Waals surface area contributed by atoms with Crippen LogP contribution in [0.25, 0.3) is 0 Å². The van der Waals surface area contributed by atoms with E-state index in [4.69, 9.17) is 0 Å². The molecule has 1 aromatic rings. The molecule has 1 saturated heterocycles. The number of halogens is 1. The van der Waals surface area contributed by atoms with Crippen LogP contribution in [0.2, 0.25) is 0 Å². The summed E-state index contributed by atoms with van der Waals surface area (Å²) in [6.45, 7) is 9.76. The third-order valence-corrected chi connectivity index (χ3v) is 6.38. The largest absolute Gasteiger partial charge is 0.354 e. The maximum Gasteiger partial charge on any atom is 0.191 e. The van der Waals surface area contributed by atoms with Gasteiger partial charge in [-0.15, -0.1) is 24.0 Å². The van der Waals surface area contributed by atoms with Crippen molar-refractivity contribution in [1.29, 1.82) is 0 Å². The molecule has 6 nitrogen and oxygen atoms in total. The Bertz CT molecular complexity index is 617. The number of aromatic nitrogens is 1. The fourth-order valence-electron chi connectivity index (χ4n) is 4.25. The monoisotopic (exact) mass is 514 g/mol. The standard InChI is InChI=1S/C22H38N6.HI/c1-17(2)19-6-8-20(9-7-19)26-22(23-3)25-16-18-5-10-21(24-15-18)28-13-11-27(4)12-14-28;/h5,10,15,17,19-20H,6-9,11-14,16H2,1-4H3,(H2,23,25,26);1H. The number of nitrogens with one attached hydrogen (secondary N) is 2. The van der Waals surface area contributed by atoms with E-state index in [-0.39, 0.29) is 24.0 Å². The van der Waals surface area contributed by atoms with E-state index in [2.05, 4.69) is 63.4 Å². The Balaban J connectivity index is 0.00000300. The molecule has 2 fully saturated rings. The van der Waals surface area contributed by atoms with Gasteiger partial charge in [-0.2, -0.15) is 0 Å². The Morgan fingerprint density at radius 1 is 1.14 bits per heavy atom. The van der Waals surface area contributed by atoms with Gasteiger partial charge >= 0.3 is 0 Å². The van der Waals surface area contributed by atoms with Crippen molar-refractivity contribution in [3.8, 4) is 0 Å². The van der Waals surface area contributed by atoms with Gasteiger partial charge in [0.1, 0.15) is 5.82 Å². The molecule has 7 heteroatoms. The van der Waals surface area contributed by atoms with Gasteiger partial charge in [0.15, 0.2) is 5.96 Å². The number of hydrogen-bond acceptors (Lipinski definition) is 4. The molecule has 2 aliphatic rings. The van der Waals surface area contributed by atoms with Gasteiger partial charge < -0.3 is 20.4 Å². The summed E-state index contributed by atoms with van der Waals surface area (Å²) in [5.74, 6) is 3.68. The first-order chi connectivity index (χ1) is 13.5. The number of anilines is 1. The lowest BCUT2D eigenvalue weighted by atomic mass is 9.80. The van der Waals surface area contributed by atoms with Gasteiger partial charge in [-0.05, 0) is 56.2 Å². The number of guanidine groups is 1. The average Bonchev–Trinajstić information content (AvgIpc) is 2.72. The predicted molar refractivity (Wildman–Crippen MR) is 133 cm³/mol. The summed E-state index contributed by atoms with van der Waals surface area (Å²) < 4.78 is 0. The SMILES string of the molecule is CN=C(NCc1ccc(N2CCN(C)CC2)nc1)NC1CCC(C(C)C)CC1.I. The highest BCUT2D eigenvalue weighted by atomic mass is 127. The lowest BCUT2D eigenvalue weighted by Gasteiger charge is -2.33. The summed E-state index contributed by atoms with van der Waals surface area (Å²) in [6.07, 6.45) is 7.12. The van der Waals surface area contributed by atoms with Gasteiger partial charge in [-0.1, -0.05) is 19.9 Å². The topological polar surface area (TPSA) is 55.8 Å². The van der Waals surface area contributed by atoms with Crippen LogP contribution >= 0.6 is 24.0 Å². The number of piperazine rings is 1. The number of aliphatic imine (C=N–C) groups is 1. The first kappa shape index (κ1) is 24.2. The fraction of sp³-hybridized carbons (Fsp3) is 0.727. The van der Waals surface area contributed by atoms with Gasteiger partial charge in [-0.25, -0.2) is 4.98 Å². The van der Waals surface area contributed by atoms with E-state index in [9.17, 15) is 0 Å². The van der Waals surface area contributed by atoms with Crippen LogP contribution < -0.4 is 15.5 Å². The lowest BCUT2D eigenvalue weighted by Crippen LogP contribution is -2.45. The Morgan fingerprint density at radius 2 is 1.83 bits per heavy atom. The van der Waals surface area contributed by atoms with E-state index in [1.54, 1.807) is 0 Å². The minimum absolute atomic E-state index is 0. The number of pyridine rings is 1. The molecular weight excluding hydrogens is 475 g/mol. The van der Waals surface area contributed by atoms with Gasteiger partial charge in [0.25, 0.3) is 0 Å². The zero-order valence-electron chi connectivity index (χ0n) is 18.5. The number of rotatable bonds is 5. The maximum absolute atomic E-state index is 4.68. The van der Waals surface area contributed by atoms with E-state index in [0.717, 1.165) is 56.3 Å². The fourth-order valence-corrected chi connectivity index (χ4v) is 4.25. The number of hydrogen-bond donors (Lipinski definition) is 2. The summed E-state index contributed by atoms with van der Waals surface area (Å²) in [4.78, 5) is 13.8. The minimum Gasteiger partial charge on any atom is -0.354 e. The number of nitrogens with zero attached hydrogens (tertiary/aromatic N) is 4. The zero-order valence-corrected chi connectivity index (χ0v) is 20.9. The van der Waals surface area contributed by atoms with Crippen LogP contribution in [0.15, 0.2) is 23.3 Å². The van der Waals surface area contributed by atoms with Gasteiger partial charge in [0.05, 0.1) is 0 Å². The van der Waals surface area contributed by atoms with Crippen LogP contribution in [-0.2, 0) is 6.54 Å². The summed E-state index contributed by atoms with van der Waals surface area (Å²) in [5, 5.41) is 7.06. The van der Waals surface area contributed by atoms with Crippen LogP contribution in [-0.4, -0.2) is 62.2 Å². The van der Waals surface area contributed by atoms with E-state index in [0.29, 0.717) is 6.04 Å². The van der Waals surface area contributed by atoms with Crippen LogP contribution in [0.4, 0.5) is 5.82 Å². The van der Waals surface area contributed by atoms with Crippen molar-refractivity contribution in [3.63, 3.8) is 0 Å². The van der Waals surface area contributed by atoms with Crippen LogP contribution in [0, 0.1) is 11.8 Å². The van der Waals surface area contributed by atoms with Crippen molar-refractivity contribution in [2.45, 2.75) is 52.1 Å². The molecule has 1 aromatic heterocycles. The van der Waals surface area contributed by atoms with E-state index < -0.39 is 0 Å². The lowest BCUT2D eigenvalue weighted by molar-refractivity contribution is 0.250. The Hall–Kier alpha value is -1.09. The summed E-state index contributed by atoms with van der Waals surface area (Å²) >= 11 is 0. The molecule has 0 bridgehead atoms. The van der Waals surface area contributed by atoms with Gasteiger partial charge in [0.2, 0.25) is 0 Å². The molecule has 2 heterocycles. The molecule has 0 unspecified atom stereocenters. The predicted octanol–water partition coefficient (Wildman–Crippen LogP) is 3.33. The van der Waals surface area contributed by atoms with Crippen molar-refractivity contribution >= 4 is 35.8 Å². The van der Waals surface area contributed by atoms with E-state index >= 15 is 0 Å². The first-order valence-electron chi connectivity index (χ1n) is 10.9. The summed E-state index contributed by atoms with van der Waals surface area (Å²) in [6, 6.07) is 4.86. The molecule has 164 valence electrons. The number of likely N-dealkylation sites (N-methyl/N-ethyl adjacent to an activating group) is 1. The Morgan fingerprint density at radius 3 is 2.38 bits per heavy atom. The van der Waals surface area contributed by atoms with Gasteiger partial charge in [0, 0.05) is 52.0 Å². The highest BCUT2D eigenvalue weighted by Gasteiger charge is 2.23. The third-order valence-electron chi connectivity index (χ3n) is 6.38. The smallest absolute Gasteiger partial charge is 0.191 e. The molecule has 1 aliphatic carbocycles. The average molecular weight is 515 g/mol. The molecule has 0 aromatic carbocycles. The Labute approximate surface area is 194 Å². The molecule has 3 rings (SSSR count).